The zero-order valence-corrected chi connectivity index (χ0v) is 15.5. The Bertz CT molecular complexity index is 656. The van der Waals surface area contributed by atoms with Gasteiger partial charge >= 0.3 is 11.9 Å². The van der Waals surface area contributed by atoms with E-state index >= 15 is 0 Å². The van der Waals surface area contributed by atoms with Crippen molar-refractivity contribution in [2.24, 2.45) is 5.92 Å². The lowest BCUT2D eigenvalue weighted by Crippen LogP contribution is -2.47. The molecule has 2 atom stereocenters. The highest BCUT2D eigenvalue weighted by molar-refractivity contribution is 8.00. The van der Waals surface area contributed by atoms with Crippen molar-refractivity contribution in [2.75, 3.05) is 19.5 Å². The molecule has 0 saturated carbocycles. The van der Waals surface area contributed by atoms with Crippen molar-refractivity contribution in [3.63, 3.8) is 0 Å². The van der Waals surface area contributed by atoms with Crippen molar-refractivity contribution < 1.29 is 32.6 Å². The zero-order valence-electron chi connectivity index (χ0n) is 14.7. The van der Waals surface area contributed by atoms with Crippen LogP contribution in [0.4, 0.5) is 8.78 Å². The second-order valence-electron chi connectivity index (χ2n) is 5.48. The van der Waals surface area contributed by atoms with E-state index in [4.69, 9.17) is 4.74 Å². The van der Waals surface area contributed by atoms with Crippen LogP contribution in [0.2, 0.25) is 0 Å². The number of esters is 2. The van der Waals surface area contributed by atoms with Gasteiger partial charge in [0.1, 0.15) is 17.7 Å². The van der Waals surface area contributed by atoms with Crippen LogP contribution < -0.4 is 5.32 Å². The average Bonchev–Trinajstić information content (AvgIpc) is 2.63. The SMILES string of the molecule is CC[C@H](C)[C@H](NC(=O)COC(=O)CSc1cc(F)ccc1F)C(=O)OC. The summed E-state index contributed by atoms with van der Waals surface area (Å²) < 4.78 is 35.9. The third-order valence-electron chi connectivity index (χ3n) is 3.59. The number of carbonyl (C=O) groups is 3. The molecule has 0 aliphatic carbocycles. The second-order valence-corrected chi connectivity index (χ2v) is 6.50. The molecule has 1 aromatic carbocycles. The molecule has 0 unspecified atom stereocenters. The normalized spacial score (nSPS) is 12.8. The maximum absolute atomic E-state index is 13.4. The fraction of sp³-hybridized carbons (Fsp3) is 0.471. The molecule has 1 amide bonds. The first-order chi connectivity index (χ1) is 12.3. The molecule has 0 radical (unpaired) electrons. The minimum Gasteiger partial charge on any atom is -0.467 e. The minimum absolute atomic E-state index is 0.0334. The van der Waals surface area contributed by atoms with E-state index in [1.165, 1.54) is 7.11 Å². The number of benzene rings is 1. The van der Waals surface area contributed by atoms with Gasteiger partial charge in [0, 0.05) is 4.90 Å². The Hall–Kier alpha value is -2.16. The van der Waals surface area contributed by atoms with E-state index in [0.717, 1.165) is 30.0 Å². The summed E-state index contributed by atoms with van der Waals surface area (Å²) in [4.78, 5) is 35.2. The van der Waals surface area contributed by atoms with E-state index in [1.807, 2.05) is 6.92 Å². The maximum Gasteiger partial charge on any atom is 0.328 e. The van der Waals surface area contributed by atoms with E-state index in [1.54, 1.807) is 6.92 Å². The number of methoxy groups -OCH3 is 1. The number of hydrogen-bond donors (Lipinski definition) is 1. The lowest BCUT2D eigenvalue weighted by Gasteiger charge is -2.21. The molecule has 1 rings (SSSR count). The third-order valence-corrected chi connectivity index (χ3v) is 4.59. The topological polar surface area (TPSA) is 81.7 Å². The van der Waals surface area contributed by atoms with Gasteiger partial charge in [0.05, 0.1) is 12.9 Å². The quantitative estimate of drug-likeness (QED) is 0.516. The highest BCUT2D eigenvalue weighted by Crippen LogP contribution is 2.22. The van der Waals surface area contributed by atoms with Crippen molar-refractivity contribution in [1.29, 1.82) is 0 Å². The molecule has 144 valence electrons. The minimum atomic E-state index is -0.841. The number of carbonyl (C=O) groups excluding carboxylic acids is 3. The summed E-state index contributed by atoms with van der Waals surface area (Å²) in [6.07, 6.45) is 0.635. The van der Waals surface area contributed by atoms with Crippen LogP contribution in [0.1, 0.15) is 20.3 Å². The predicted molar refractivity (Wildman–Crippen MR) is 91.4 cm³/mol. The number of nitrogens with one attached hydrogen (secondary N) is 1. The zero-order chi connectivity index (χ0) is 19.7. The van der Waals surface area contributed by atoms with Crippen molar-refractivity contribution >= 4 is 29.6 Å². The fourth-order valence-electron chi connectivity index (χ4n) is 1.92. The summed E-state index contributed by atoms with van der Waals surface area (Å²) in [6, 6.07) is 2.05. The van der Waals surface area contributed by atoms with Gasteiger partial charge in [0.2, 0.25) is 0 Å². The summed E-state index contributed by atoms with van der Waals surface area (Å²) in [7, 11) is 1.21. The molecular weight excluding hydrogens is 368 g/mol. The second kappa shape index (κ2) is 10.7. The number of amides is 1. The largest absolute Gasteiger partial charge is 0.467 e. The molecule has 0 bridgehead atoms. The van der Waals surface area contributed by atoms with E-state index in [2.05, 4.69) is 10.1 Å². The maximum atomic E-state index is 13.4. The van der Waals surface area contributed by atoms with Crippen LogP contribution in [0.5, 0.6) is 0 Å². The molecule has 9 heteroatoms. The highest BCUT2D eigenvalue weighted by Gasteiger charge is 2.26. The molecule has 0 heterocycles. The van der Waals surface area contributed by atoms with Crippen molar-refractivity contribution in [3.05, 3.63) is 29.8 Å². The van der Waals surface area contributed by atoms with E-state index in [9.17, 15) is 23.2 Å². The predicted octanol–water partition coefficient (Wildman–Crippen LogP) is 2.30. The number of halogens is 2. The molecule has 0 aliphatic rings. The number of thioether (sulfide) groups is 1. The van der Waals surface area contributed by atoms with Gasteiger partial charge in [-0.25, -0.2) is 13.6 Å². The summed E-state index contributed by atoms with van der Waals surface area (Å²) >= 11 is 0.757. The number of hydrogen-bond acceptors (Lipinski definition) is 6. The van der Waals surface area contributed by atoms with Gasteiger partial charge < -0.3 is 14.8 Å². The van der Waals surface area contributed by atoms with Gasteiger partial charge in [-0.1, -0.05) is 20.3 Å². The lowest BCUT2D eigenvalue weighted by molar-refractivity contribution is -0.149. The van der Waals surface area contributed by atoms with Crippen LogP contribution in [-0.2, 0) is 23.9 Å². The Labute approximate surface area is 154 Å². The molecule has 0 fully saturated rings. The van der Waals surface area contributed by atoms with Crippen LogP contribution in [0.3, 0.4) is 0 Å². The Morgan fingerprint density at radius 3 is 2.58 bits per heavy atom. The molecule has 0 aliphatic heterocycles. The average molecular weight is 389 g/mol. The first-order valence-corrected chi connectivity index (χ1v) is 8.87. The van der Waals surface area contributed by atoms with Crippen LogP contribution in [0.25, 0.3) is 0 Å². The number of ether oxygens (including phenoxy) is 2. The van der Waals surface area contributed by atoms with E-state index in [0.29, 0.717) is 6.42 Å². The lowest BCUT2D eigenvalue weighted by atomic mass is 9.99. The Kier molecular flexibility index (Phi) is 9.04. The molecule has 0 spiro atoms. The number of rotatable bonds is 9. The van der Waals surface area contributed by atoms with Gasteiger partial charge in [-0.05, 0) is 24.1 Å². The summed E-state index contributed by atoms with van der Waals surface area (Å²) in [5, 5.41) is 2.46. The highest BCUT2D eigenvalue weighted by atomic mass is 32.2. The van der Waals surface area contributed by atoms with Crippen LogP contribution >= 0.6 is 11.8 Å². The Balaban J connectivity index is 2.47. The molecule has 0 saturated heterocycles. The van der Waals surface area contributed by atoms with E-state index < -0.39 is 42.1 Å². The van der Waals surface area contributed by atoms with Crippen LogP contribution in [0, 0.1) is 17.6 Å². The van der Waals surface area contributed by atoms with Gasteiger partial charge in [0.15, 0.2) is 6.61 Å². The Morgan fingerprint density at radius 2 is 1.96 bits per heavy atom. The monoisotopic (exact) mass is 389 g/mol. The smallest absolute Gasteiger partial charge is 0.328 e. The molecule has 1 aromatic rings. The van der Waals surface area contributed by atoms with Crippen molar-refractivity contribution in [1.82, 2.24) is 5.32 Å². The van der Waals surface area contributed by atoms with Crippen molar-refractivity contribution in [3.8, 4) is 0 Å². The first kappa shape index (κ1) is 21.9. The molecule has 26 heavy (non-hydrogen) atoms. The van der Waals surface area contributed by atoms with Gasteiger partial charge in [0.25, 0.3) is 5.91 Å². The fourth-order valence-corrected chi connectivity index (χ4v) is 2.68. The third kappa shape index (κ3) is 6.99. The molecular formula is C17H21F2NO5S. The molecule has 0 aromatic heterocycles. The summed E-state index contributed by atoms with van der Waals surface area (Å²) in [6.45, 7) is 3.04. The van der Waals surface area contributed by atoms with Gasteiger partial charge in [-0.2, -0.15) is 0 Å². The van der Waals surface area contributed by atoms with Crippen LogP contribution in [-0.4, -0.2) is 43.4 Å². The summed E-state index contributed by atoms with van der Waals surface area (Å²) in [5.41, 5.74) is 0. The summed E-state index contributed by atoms with van der Waals surface area (Å²) in [5.74, 6) is -3.75. The standard InChI is InChI=1S/C17H21F2NO5S/c1-4-10(2)16(17(23)24-3)20-14(21)8-25-15(22)9-26-13-7-11(18)5-6-12(13)19/h5-7,10,16H,4,8-9H2,1-3H3,(H,20,21)/t10-,16-/m0/s1. The van der Waals surface area contributed by atoms with Crippen molar-refractivity contribution in [2.45, 2.75) is 31.2 Å². The van der Waals surface area contributed by atoms with Gasteiger partial charge in [-0.3, -0.25) is 9.59 Å². The molecule has 6 nitrogen and oxygen atoms in total. The van der Waals surface area contributed by atoms with Gasteiger partial charge in [-0.15, -0.1) is 11.8 Å². The Morgan fingerprint density at radius 1 is 1.27 bits per heavy atom. The first-order valence-electron chi connectivity index (χ1n) is 7.89. The molecule has 1 N–H and O–H groups in total. The van der Waals surface area contributed by atoms with E-state index in [-0.39, 0.29) is 16.6 Å². The van der Waals surface area contributed by atoms with Crippen LogP contribution in [0.15, 0.2) is 23.1 Å².